The molecule has 0 heterocycles. The molecular weight excluding hydrogens is 259 g/mol. The number of benzene rings is 1. The number of hydrogen-bond acceptors (Lipinski definition) is 2. The predicted octanol–water partition coefficient (Wildman–Crippen LogP) is 3.01. The van der Waals surface area contributed by atoms with Crippen LogP contribution in [0.3, 0.4) is 0 Å². The van der Waals surface area contributed by atoms with E-state index in [0.717, 1.165) is 24.2 Å². The second-order valence-electron chi connectivity index (χ2n) is 3.69. The Labute approximate surface area is 113 Å². The number of aryl methyl sites for hydroxylation is 1. The van der Waals surface area contributed by atoms with Gasteiger partial charge in [-0.3, -0.25) is 4.79 Å². The Bertz CT molecular complexity index is 370. The Balaban J connectivity index is 0.00000256. The fraction of sp³-hybridized carbons (Fsp3) is 0.417. The van der Waals surface area contributed by atoms with Gasteiger partial charge in [0.25, 0.3) is 0 Å². The monoisotopic (exact) mass is 276 g/mol. The molecule has 0 saturated carbocycles. The molecule has 0 aliphatic heterocycles. The van der Waals surface area contributed by atoms with Crippen molar-refractivity contribution in [2.45, 2.75) is 20.3 Å². The van der Waals surface area contributed by atoms with E-state index in [1.807, 2.05) is 19.1 Å². The van der Waals surface area contributed by atoms with Gasteiger partial charge in [0.1, 0.15) is 0 Å². The second kappa shape index (κ2) is 8.34. The van der Waals surface area contributed by atoms with Crippen LogP contribution in [0, 0.1) is 6.92 Å². The van der Waals surface area contributed by atoms with E-state index in [9.17, 15) is 4.79 Å². The third-order valence-electron chi connectivity index (χ3n) is 2.17. The maximum atomic E-state index is 11.5. The first-order valence-corrected chi connectivity index (χ1v) is 5.78. The van der Waals surface area contributed by atoms with Crippen LogP contribution in [0.15, 0.2) is 18.2 Å². The van der Waals surface area contributed by atoms with Crippen LogP contribution in [0.2, 0.25) is 5.02 Å². The van der Waals surface area contributed by atoms with Crippen LogP contribution in [0.1, 0.15) is 18.9 Å². The second-order valence-corrected chi connectivity index (χ2v) is 4.10. The maximum absolute atomic E-state index is 11.5. The van der Waals surface area contributed by atoms with Crippen molar-refractivity contribution in [1.29, 1.82) is 0 Å². The topological polar surface area (TPSA) is 41.1 Å². The molecule has 17 heavy (non-hydrogen) atoms. The summed E-state index contributed by atoms with van der Waals surface area (Å²) >= 11 is 5.96. The largest absolute Gasteiger partial charge is 0.325 e. The lowest BCUT2D eigenvalue weighted by Crippen LogP contribution is -2.28. The van der Waals surface area contributed by atoms with Gasteiger partial charge in [0.2, 0.25) is 5.91 Å². The number of rotatable bonds is 5. The molecule has 1 aromatic carbocycles. The minimum Gasteiger partial charge on any atom is -0.325 e. The average Bonchev–Trinajstić information content (AvgIpc) is 2.24. The number of carbonyl (C=O) groups excluding carboxylic acids is 1. The number of amides is 1. The minimum atomic E-state index is -0.0478. The van der Waals surface area contributed by atoms with Gasteiger partial charge in [-0.05, 0) is 37.6 Å². The fourth-order valence-corrected chi connectivity index (χ4v) is 1.44. The van der Waals surface area contributed by atoms with Crippen molar-refractivity contribution in [2.24, 2.45) is 0 Å². The first-order valence-electron chi connectivity index (χ1n) is 5.40. The van der Waals surface area contributed by atoms with Crippen LogP contribution in [0.25, 0.3) is 0 Å². The summed E-state index contributed by atoms with van der Waals surface area (Å²) in [5, 5.41) is 6.49. The average molecular weight is 277 g/mol. The highest BCUT2D eigenvalue weighted by Gasteiger charge is 2.02. The minimum absolute atomic E-state index is 0. The summed E-state index contributed by atoms with van der Waals surface area (Å²) in [6.45, 7) is 5.17. The molecule has 0 aliphatic carbocycles. The molecule has 1 aromatic rings. The molecule has 0 unspecified atom stereocenters. The SMILES string of the molecule is CCCNCC(=O)Nc1ccc(C)c(Cl)c1.Cl. The predicted molar refractivity (Wildman–Crippen MR) is 75.2 cm³/mol. The van der Waals surface area contributed by atoms with Crippen molar-refractivity contribution in [3.63, 3.8) is 0 Å². The normalized spacial score (nSPS) is 9.59. The lowest BCUT2D eigenvalue weighted by Gasteiger charge is -2.07. The Morgan fingerprint density at radius 2 is 2.12 bits per heavy atom. The molecule has 3 nitrogen and oxygen atoms in total. The van der Waals surface area contributed by atoms with E-state index < -0.39 is 0 Å². The smallest absolute Gasteiger partial charge is 0.238 e. The number of hydrogen-bond donors (Lipinski definition) is 2. The van der Waals surface area contributed by atoms with Gasteiger partial charge < -0.3 is 10.6 Å². The van der Waals surface area contributed by atoms with Crippen molar-refractivity contribution in [3.8, 4) is 0 Å². The van der Waals surface area contributed by atoms with E-state index in [2.05, 4.69) is 17.6 Å². The summed E-state index contributed by atoms with van der Waals surface area (Å²) in [4.78, 5) is 11.5. The van der Waals surface area contributed by atoms with Crippen LogP contribution in [-0.4, -0.2) is 19.0 Å². The van der Waals surface area contributed by atoms with Crippen molar-refractivity contribution in [3.05, 3.63) is 28.8 Å². The summed E-state index contributed by atoms with van der Waals surface area (Å²) in [5.74, 6) is -0.0478. The quantitative estimate of drug-likeness (QED) is 0.812. The summed E-state index contributed by atoms with van der Waals surface area (Å²) < 4.78 is 0. The molecule has 0 aliphatic rings. The standard InChI is InChI=1S/C12H17ClN2O.ClH/c1-3-6-14-8-12(16)15-10-5-4-9(2)11(13)7-10;/h4-5,7,14H,3,6,8H2,1-2H3,(H,15,16);1H. The van der Waals surface area contributed by atoms with Crippen molar-refractivity contribution >= 4 is 35.6 Å². The Kier molecular flexibility index (Phi) is 7.96. The Morgan fingerprint density at radius 1 is 1.41 bits per heavy atom. The molecule has 0 aromatic heterocycles. The molecule has 0 spiro atoms. The molecular formula is C12H18Cl2N2O. The number of nitrogens with one attached hydrogen (secondary N) is 2. The molecule has 0 radical (unpaired) electrons. The van der Waals surface area contributed by atoms with Crippen LogP contribution in [-0.2, 0) is 4.79 Å². The Hall–Kier alpha value is -0.770. The van der Waals surface area contributed by atoms with Gasteiger partial charge in [-0.15, -0.1) is 12.4 Å². The summed E-state index contributed by atoms with van der Waals surface area (Å²) in [5.41, 5.74) is 1.74. The van der Waals surface area contributed by atoms with Gasteiger partial charge in [0, 0.05) is 10.7 Å². The first-order chi connectivity index (χ1) is 7.63. The van der Waals surface area contributed by atoms with Gasteiger partial charge >= 0.3 is 0 Å². The number of halogens is 2. The van der Waals surface area contributed by atoms with Crippen LogP contribution < -0.4 is 10.6 Å². The highest BCUT2D eigenvalue weighted by Crippen LogP contribution is 2.19. The zero-order chi connectivity index (χ0) is 12.0. The molecule has 0 atom stereocenters. The lowest BCUT2D eigenvalue weighted by molar-refractivity contribution is -0.115. The molecule has 0 bridgehead atoms. The maximum Gasteiger partial charge on any atom is 0.238 e. The van der Waals surface area contributed by atoms with E-state index in [-0.39, 0.29) is 18.3 Å². The highest BCUT2D eigenvalue weighted by atomic mass is 35.5. The molecule has 1 rings (SSSR count). The van der Waals surface area contributed by atoms with E-state index >= 15 is 0 Å². The van der Waals surface area contributed by atoms with Gasteiger partial charge in [-0.2, -0.15) is 0 Å². The molecule has 96 valence electrons. The summed E-state index contributed by atoms with van der Waals surface area (Å²) in [6, 6.07) is 5.49. The zero-order valence-corrected chi connectivity index (χ0v) is 11.6. The lowest BCUT2D eigenvalue weighted by atomic mass is 10.2. The van der Waals surface area contributed by atoms with Gasteiger partial charge in [-0.25, -0.2) is 0 Å². The first kappa shape index (κ1) is 16.2. The number of anilines is 1. The summed E-state index contributed by atoms with van der Waals surface area (Å²) in [7, 11) is 0. The molecule has 0 saturated heterocycles. The Morgan fingerprint density at radius 3 is 2.71 bits per heavy atom. The third-order valence-corrected chi connectivity index (χ3v) is 2.58. The van der Waals surface area contributed by atoms with Crippen LogP contribution in [0.5, 0.6) is 0 Å². The van der Waals surface area contributed by atoms with E-state index in [1.165, 1.54) is 0 Å². The van der Waals surface area contributed by atoms with E-state index in [0.29, 0.717) is 11.6 Å². The third kappa shape index (κ3) is 5.91. The van der Waals surface area contributed by atoms with Crippen LogP contribution >= 0.6 is 24.0 Å². The van der Waals surface area contributed by atoms with Crippen molar-refractivity contribution in [2.75, 3.05) is 18.4 Å². The van der Waals surface area contributed by atoms with Gasteiger partial charge in [0.05, 0.1) is 6.54 Å². The highest BCUT2D eigenvalue weighted by molar-refractivity contribution is 6.31. The van der Waals surface area contributed by atoms with E-state index in [4.69, 9.17) is 11.6 Å². The fourth-order valence-electron chi connectivity index (χ4n) is 1.25. The molecule has 2 N–H and O–H groups in total. The zero-order valence-electron chi connectivity index (χ0n) is 10.0. The van der Waals surface area contributed by atoms with Crippen LogP contribution in [0.4, 0.5) is 5.69 Å². The molecule has 5 heteroatoms. The number of carbonyl (C=O) groups is 1. The van der Waals surface area contributed by atoms with Crippen molar-refractivity contribution in [1.82, 2.24) is 5.32 Å². The van der Waals surface area contributed by atoms with Gasteiger partial charge in [0.15, 0.2) is 0 Å². The molecule has 0 fully saturated rings. The molecule has 1 amide bonds. The van der Waals surface area contributed by atoms with Crippen molar-refractivity contribution < 1.29 is 4.79 Å². The summed E-state index contributed by atoms with van der Waals surface area (Å²) in [6.07, 6.45) is 1.02. The van der Waals surface area contributed by atoms with E-state index in [1.54, 1.807) is 6.07 Å². The van der Waals surface area contributed by atoms with Gasteiger partial charge in [-0.1, -0.05) is 24.6 Å².